The lowest BCUT2D eigenvalue weighted by Crippen LogP contribution is -2.09. The van der Waals surface area contributed by atoms with Crippen LogP contribution in [0.4, 0.5) is 0 Å². The van der Waals surface area contributed by atoms with Crippen LogP contribution in [-0.2, 0) is 9.47 Å². The molecule has 0 saturated heterocycles. The molecule has 0 aromatic carbocycles. The van der Waals surface area contributed by atoms with Gasteiger partial charge >= 0.3 is 0 Å². The molecular weight excluding hydrogens is 140 g/mol. The van der Waals surface area contributed by atoms with Gasteiger partial charge in [-0.2, -0.15) is 0 Å². The highest BCUT2D eigenvalue weighted by atomic mass is 16.7. The average molecular weight is 156 g/mol. The maximum Gasteiger partial charge on any atom is 0.239 e. The molecule has 0 aliphatic heterocycles. The zero-order chi connectivity index (χ0) is 8.53. The van der Waals surface area contributed by atoms with Crippen molar-refractivity contribution in [1.29, 1.82) is 0 Å². The van der Waals surface area contributed by atoms with Crippen molar-refractivity contribution in [3.05, 3.63) is 24.7 Å². The molecule has 0 atom stereocenters. The van der Waals surface area contributed by atoms with E-state index in [9.17, 15) is 0 Å². The van der Waals surface area contributed by atoms with Gasteiger partial charge in [0.2, 0.25) is 6.29 Å². The Hall–Kier alpha value is -0.920. The molecule has 0 spiro atoms. The second kappa shape index (κ2) is 7.19. The molecule has 0 fully saturated rings. The van der Waals surface area contributed by atoms with Crippen LogP contribution in [0.1, 0.15) is 27.2 Å². The number of hydrogen-bond acceptors (Lipinski definition) is 2. The van der Waals surface area contributed by atoms with E-state index in [1.165, 1.54) is 0 Å². The Morgan fingerprint density at radius 1 is 1.09 bits per heavy atom. The van der Waals surface area contributed by atoms with Gasteiger partial charge in [-0.25, -0.2) is 0 Å². The minimum Gasteiger partial charge on any atom is -0.463 e. The second-order valence-electron chi connectivity index (χ2n) is 2.05. The van der Waals surface area contributed by atoms with Crippen molar-refractivity contribution >= 4 is 0 Å². The normalized spacial score (nSPS) is 14.1. The van der Waals surface area contributed by atoms with Crippen molar-refractivity contribution in [2.75, 3.05) is 0 Å². The first-order chi connectivity index (χ1) is 5.35. The minimum absolute atomic E-state index is 0.151. The van der Waals surface area contributed by atoms with Gasteiger partial charge in [0.15, 0.2) is 0 Å². The van der Waals surface area contributed by atoms with Gasteiger partial charge in [0.25, 0.3) is 0 Å². The maximum atomic E-state index is 5.19. The Balaban J connectivity index is 3.57. The SMILES string of the molecule is CC=COC(CC)OC=CC. The summed E-state index contributed by atoms with van der Waals surface area (Å²) in [5.41, 5.74) is 0. The maximum absolute atomic E-state index is 5.19. The number of allylic oxidation sites excluding steroid dienone is 2. The van der Waals surface area contributed by atoms with Crippen LogP contribution >= 0.6 is 0 Å². The van der Waals surface area contributed by atoms with E-state index in [2.05, 4.69) is 0 Å². The topological polar surface area (TPSA) is 18.5 Å². The van der Waals surface area contributed by atoms with Crippen LogP contribution in [0.25, 0.3) is 0 Å². The quantitative estimate of drug-likeness (QED) is 0.450. The lowest BCUT2D eigenvalue weighted by atomic mass is 10.5. The molecule has 0 N–H and O–H groups in total. The standard InChI is InChI=1S/C9H16O2/c1-4-7-10-9(6-3)11-8-5-2/h4-5,7-9H,6H2,1-3H3. The highest BCUT2D eigenvalue weighted by molar-refractivity contribution is 4.69. The molecule has 0 unspecified atom stereocenters. The lowest BCUT2D eigenvalue weighted by molar-refractivity contribution is -0.0628. The van der Waals surface area contributed by atoms with Gasteiger partial charge < -0.3 is 9.47 Å². The Kier molecular flexibility index (Phi) is 6.59. The van der Waals surface area contributed by atoms with Gasteiger partial charge in [0, 0.05) is 6.42 Å². The van der Waals surface area contributed by atoms with Crippen LogP contribution in [0, 0.1) is 0 Å². The summed E-state index contributed by atoms with van der Waals surface area (Å²) in [6.45, 7) is 5.82. The van der Waals surface area contributed by atoms with Crippen molar-refractivity contribution in [2.45, 2.75) is 33.5 Å². The molecule has 0 rings (SSSR count). The van der Waals surface area contributed by atoms with E-state index >= 15 is 0 Å². The summed E-state index contributed by atoms with van der Waals surface area (Å²) in [7, 11) is 0. The van der Waals surface area contributed by atoms with Gasteiger partial charge in [-0.15, -0.1) is 0 Å². The minimum atomic E-state index is -0.151. The van der Waals surface area contributed by atoms with Crippen molar-refractivity contribution in [3.63, 3.8) is 0 Å². The summed E-state index contributed by atoms with van der Waals surface area (Å²) in [6.07, 6.45) is 7.63. The Morgan fingerprint density at radius 2 is 1.55 bits per heavy atom. The first-order valence-corrected chi connectivity index (χ1v) is 3.88. The predicted octanol–water partition coefficient (Wildman–Crippen LogP) is 2.82. The van der Waals surface area contributed by atoms with E-state index < -0.39 is 0 Å². The predicted molar refractivity (Wildman–Crippen MR) is 45.9 cm³/mol. The van der Waals surface area contributed by atoms with Crippen LogP contribution in [0.3, 0.4) is 0 Å². The fourth-order valence-electron chi connectivity index (χ4n) is 0.557. The molecule has 0 aliphatic rings. The summed E-state index contributed by atoms with van der Waals surface area (Å²) in [6, 6.07) is 0. The Labute approximate surface area is 68.5 Å². The van der Waals surface area contributed by atoms with Gasteiger partial charge in [-0.05, 0) is 13.8 Å². The third-order valence-corrected chi connectivity index (χ3v) is 1.07. The van der Waals surface area contributed by atoms with E-state index in [0.29, 0.717) is 0 Å². The summed E-state index contributed by atoms with van der Waals surface area (Å²) in [4.78, 5) is 0. The van der Waals surface area contributed by atoms with Crippen molar-refractivity contribution in [2.24, 2.45) is 0 Å². The molecule has 2 nitrogen and oxygen atoms in total. The number of ether oxygens (including phenoxy) is 2. The van der Waals surface area contributed by atoms with Gasteiger partial charge in [-0.3, -0.25) is 0 Å². The molecule has 0 heterocycles. The van der Waals surface area contributed by atoms with Gasteiger partial charge in [0.1, 0.15) is 0 Å². The molecule has 64 valence electrons. The highest BCUT2D eigenvalue weighted by Gasteiger charge is 2.00. The van der Waals surface area contributed by atoms with Gasteiger partial charge in [-0.1, -0.05) is 19.1 Å². The summed E-state index contributed by atoms with van der Waals surface area (Å²) >= 11 is 0. The van der Waals surface area contributed by atoms with Crippen LogP contribution in [0.2, 0.25) is 0 Å². The lowest BCUT2D eigenvalue weighted by Gasteiger charge is -2.12. The Bertz CT molecular complexity index is 114. The molecule has 0 aromatic rings. The zero-order valence-electron chi connectivity index (χ0n) is 7.41. The molecular formula is C9H16O2. The van der Waals surface area contributed by atoms with Crippen molar-refractivity contribution in [3.8, 4) is 0 Å². The molecule has 0 amide bonds. The van der Waals surface area contributed by atoms with Crippen LogP contribution in [-0.4, -0.2) is 6.29 Å². The van der Waals surface area contributed by atoms with E-state index in [1.807, 2.05) is 32.9 Å². The van der Waals surface area contributed by atoms with E-state index in [-0.39, 0.29) is 6.29 Å². The molecule has 0 aliphatic carbocycles. The first kappa shape index (κ1) is 10.1. The number of rotatable bonds is 5. The molecule has 2 heteroatoms. The number of hydrogen-bond donors (Lipinski definition) is 0. The van der Waals surface area contributed by atoms with Crippen molar-refractivity contribution in [1.82, 2.24) is 0 Å². The monoisotopic (exact) mass is 156 g/mol. The Morgan fingerprint density at radius 3 is 1.82 bits per heavy atom. The summed E-state index contributed by atoms with van der Waals surface area (Å²) in [5, 5.41) is 0. The van der Waals surface area contributed by atoms with E-state index in [1.54, 1.807) is 12.5 Å². The highest BCUT2D eigenvalue weighted by Crippen LogP contribution is 2.01. The zero-order valence-corrected chi connectivity index (χ0v) is 7.41. The third-order valence-electron chi connectivity index (χ3n) is 1.07. The largest absolute Gasteiger partial charge is 0.463 e. The van der Waals surface area contributed by atoms with Gasteiger partial charge in [0.05, 0.1) is 12.5 Å². The first-order valence-electron chi connectivity index (χ1n) is 3.88. The summed E-state index contributed by atoms with van der Waals surface area (Å²) in [5.74, 6) is 0. The van der Waals surface area contributed by atoms with Crippen LogP contribution < -0.4 is 0 Å². The fourth-order valence-corrected chi connectivity index (χ4v) is 0.557. The fraction of sp³-hybridized carbons (Fsp3) is 0.556. The molecule has 0 radical (unpaired) electrons. The second-order valence-corrected chi connectivity index (χ2v) is 2.05. The molecule has 0 aromatic heterocycles. The van der Waals surface area contributed by atoms with Crippen LogP contribution in [0.15, 0.2) is 24.7 Å². The molecule has 0 bridgehead atoms. The van der Waals surface area contributed by atoms with Crippen LogP contribution in [0.5, 0.6) is 0 Å². The van der Waals surface area contributed by atoms with E-state index in [4.69, 9.17) is 9.47 Å². The third kappa shape index (κ3) is 5.52. The van der Waals surface area contributed by atoms with E-state index in [0.717, 1.165) is 6.42 Å². The smallest absolute Gasteiger partial charge is 0.239 e. The molecule has 0 saturated carbocycles. The molecule has 11 heavy (non-hydrogen) atoms. The summed E-state index contributed by atoms with van der Waals surface area (Å²) < 4.78 is 10.4. The average Bonchev–Trinajstić information content (AvgIpc) is 2.05. The van der Waals surface area contributed by atoms with Crippen molar-refractivity contribution < 1.29 is 9.47 Å².